The van der Waals surface area contributed by atoms with Crippen molar-refractivity contribution in [2.75, 3.05) is 4.90 Å². The van der Waals surface area contributed by atoms with E-state index in [2.05, 4.69) is 225 Å². The van der Waals surface area contributed by atoms with Crippen LogP contribution in [-0.2, 0) is 18.3 Å². The fourth-order valence-electron chi connectivity index (χ4n) is 8.77. The van der Waals surface area contributed by atoms with Gasteiger partial charge in [0, 0.05) is 22.5 Å². The van der Waals surface area contributed by atoms with Gasteiger partial charge >= 0.3 is 0 Å². The van der Waals surface area contributed by atoms with E-state index in [-0.39, 0.29) is 5.41 Å². The summed E-state index contributed by atoms with van der Waals surface area (Å²) in [7, 11) is 0. The smallest absolute Gasteiger partial charge is 0.0467 e. The van der Waals surface area contributed by atoms with Crippen LogP contribution in [0, 0.1) is 0 Å². The second-order valence-electron chi connectivity index (χ2n) is 15.4. The molecule has 8 aromatic carbocycles. The van der Waals surface area contributed by atoms with Crippen LogP contribution in [0.2, 0.25) is 0 Å². The summed E-state index contributed by atoms with van der Waals surface area (Å²) in [6.45, 7) is 4.74. The van der Waals surface area contributed by atoms with Crippen molar-refractivity contribution in [3.8, 4) is 33.4 Å². The molecular formula is C54H45N. The second kappa shape index (κ2) is 14.8. The van der Waals surface area contributed by atoms with E-state index in [0.717, 1.165) is 29.9 Å². The van der Waals surface area contributed by atoms with Crippen LogP contribution in [-0.4, -0.2) is 0 Å². The Morgan fingerprint density at radius 2 is 0.927 bits per heavy atom. The Hall–Kier alpha value is -6.44. The van der Waals surface area contributed by atoms with Gasteiger partial charge in [-0.05, 0) is 122 Å². The zero-order chi connectivity index (χ0) is 37.2. The first-order valence-electron chi connectivity index (χ1n) is 19.5. The summed E-state index contributed by atoms with van der Waals surface area (Å²) in [5.74, 6) is 0.338. The molecule has 1 aliphatic carbocycles. The Morgan fingerprint density at radius 1 is 0.418 bits per heavy atom. The predicted molar refractivity (Wildman–Crippen MR) is 233 cm³/mol. The van der Waals surface area contributed by atoms with E-state index in [9.17, 15) is 0 Å². The number of fused-ring (bicyclic) bond motifs is 3. The van der Waals surface area contributed by atoms with Gasteiger partial charge in [-0.25, -0.2) is 0 Å². The molecule has 1 unspecified atom stereocenters. The quantitative estimate of drug-likeness (QED) is 0.137. The molecule has 1 atom stereocenters. The largest absolute Gasteiger partial charge is 0.310 e. The number of hydrogen-bond donors (Lipinski definition) is 0. The lowest BCUT2D eigenvalue weighted by Gasteiger charge is -2.26. The number of benzene rings is 8. The Morgan fingerprint density at radius 3 is 1.62 bits per heavy atom. The summed E-state index contributed by atoms with van der Waals surface area (Å²) in [6.07, 6.45) is 1.94. The lowest BCUT2D eigenvalue weighted by atomic mass is 9.81. The molecule has 8 aromatic rings. The van der Waals surface area contributed by atoms with Crippen LogP contribution in [0.3, 0.4) is 0 Å². The molecule has 0 N–H and O–H groups in total. The van der Waals surface area contributed by atoms with Gasteiger partial charge in [0.1, 0.15) is 0 Å². The van der Waals surface area contributed by atoms with Crippen molar-refractivity contribution in [2.45, 2.75) is 38.0 Å². The molecule has 266 valence electrons. The SMILES string of the molecule is CC1(C)c2ccccc2-c2c(CC(Cc3cccc(-c4cccc(-c5cccc(N(c6ccccc6)c6ccccc6)c5)c4)c3)c3ccccc3)cccc21. The Bertz CT molecular complexity index is 2530. The Balaban J connectivity index is 1.03. The van der Waals surface area contributed by atoms with E-state index < -0.39 is 0 Å². The van der Waals surface area contributed by atoms with Gasteiger partial charge in [-0.15, -0.1) is 0 Å². The molecule has 0 heterocycles. The highest BCUT2D eigenvalue weighted by atomic mass is 15.1. The number of hydrogen-bond acceptors (Lipinski definition) is 1. The number of para-hydroxylation sites is 2. The minimum atomic E-state index is -0.00244. The maximum absolute atomic E-state index is 2.41. The normalized spacial score (nSPS) is 13.1. The van der Waals surface area contributed by atoms with Gasteiger partial charge in [-0.2, -0.15) is 0 Å². The van der Waals surface area contributed by atoms with Crippen LogP contribution in [0.1, 0.15) is 47.6 Å². The minimum Gasteiger partial charge on any atom is -0.310 e. The Kier molecular flexibility index (Phi) is 9.22. The summed E-state index contributed by atoms with van der Waals surface area (Å²) >= 11 is 0. The Labute approximate surface area is 326 Å². The van der Waals surface area contributed by atoms with E-state index in [1.165, 1.54) is 61.2 Å². The van der Waals surface area contributed by atoms with E-state index >= 15 is 0 Å². The van der Waals surface area contributed by atoms with Crippen LogP contribution >= 0.6 is 0 Å². The molecule has 0 aliphatic heterocycles. The number of rotatable bonds is 10. The fraction of sp³-hybridized carbons (Fsp3) is 0.111. The van der Waals surface area contributed by atoms with Gasteiger partial charge in [0.25, 0.3) is 0 Å². The van der Waals surface area contributed by atoms with Gasteiger partial charge < -0.3 is 4.90 Å². The molecule has 0 fully saturated rings. The van der Waals surface area contributed by atoms with Crippen molar-refractivity contribution >= 4 is 17.1 Å². The summed E-state index contributed by atoms with van der Waals surface area (Å²) in [4.78, 5) is 2.32. The molecular weight excluding hydrogens is 663 g/mol. The van der Waals surface area contributed by atoms with Gasteiger partial charge in [0.15, 0.2) is 0 Å². The first-order chi connectivity index (χ1) is 27.0. The van der Waals surface area contributed by atoms with Crippen molar-refractivity contribution in [1.82, 2.24) is 0 Å². The van der Waals surface area contributed by atoms with Crippen LogP contribution in [0.25, 0.3) is 33.4 Å². The van der Waals surface area contributed by atoms with Gasteiger partial charge in [-0.3, -0.25) is 0 Å². The highest BCUT2D eigenvalue weighted by Crippen LogP contribution is 2.50. The van der Waals surface area contributed by atoms with Crippen molar-refractivity contribution in [3.63, 3.8) is 0 Å². The minimum absolute atomic E-state index is 0.00244. The summed E-state index contributed by atoms with van der Waals surface area (Å²) in [5, 5.41) is 0. The zero-order valence-corrected chi connectivity index (χ0v) is 31.6. The monoisotopic (exact) mass is 707 g/mol. The summed E-state index contributed by atoms with van der Waals surface area (Å²) in [5.41, 5.74) is 18.1. The van der Waals surface area contributed by atoms with Gasteiger partial charge in [0.05, 0.1) is 0 Å². The predicted octanol–water partition coefficient (Wildman–Crippen LogP) is 14.4. The third-order valence-corrected chi connectivity index (χ3v) is 11.5. The van der Waals surface area contributed by atoms with Crippen molar-refractivity contribution in [1.29, 1.82) is 0 Å². The third kappa shape index (κ3) is 6.79. The third-order valence-electron chi connectivity index (χ3n) is 11.5. The van der Waals surface area contributed by atoms with Gasteiger partial charge in [0.2, 0.25) is 0 Å². The maximum Gasteiger partial charge on any atom is 0.0467 e. The van der Waals surface area contributed by atoms with Crippen LogP contribution in [0.4, 0.5) is 17.1 Å². The average molecular weight is 708 g/mol. The summed E-state index contributed by atoms with van der Waals surface area (Å²) in [6, 6.07) is 75.4. The topological polar surface area (TPSA) is 3.24 Å². The molecule has 0 aromatic heterocycles. The molecule has 1 aliphatic rings. The molecule has 1 nitrogen and oxygen atoms in total. The molecule has 1 heteroatoms. The van der Waals surface area contributed by atoms with Crippen molar-refractivity contribution in [2.24, 2.45) is 0 Å². The molecule has 0 saturated carbocycles. The molecule has 0 spiro atoms. The van der Waals surface area contributed by atoms with Crippen LogP contribution in [0.15, 0.2) is 206 Å². The van der Waals surface area contributed by atoms with Crippen molar-refractivity contribution < 1.29 is 0 Å². The average Bonchev–Trinajstić information content (AvgIpc) is 3.48. The first-order valence-corrected chi connectivity index (χ1v) is 19.5. The van der Waals surface area contributed by atoms with Crippen LogP contribution in [0.5, 0.6) is 0 Å². The molecule has 0 bridgehead atoms. The molecule has 55 heavy (non-hydrogen) atoms. The lowest BCUT2D eigenvalue weighted by molar-refractivity contribution is 0.656. The lowest BCUT2D eigenvalue weighted by Crippen LogP contribution is -2.15. The van der Waals surface area contributed by atoms with Crippen LogP contribution < -0.4 is 4.90 Å². The van der Waals surface area contributed by atoms with E-state index in [1.807, 2.05) is 0 Å². The number of anilines is 3. The van der Waals surface area contributed by atoms with Crippen molar-refractivity contribution in [3.05, 3.63) is 234 Å². The molecule has 0 radical (unpaired) electrons. The highest BCUT2D eigenvalue weighted by Gasteiger charge is 2.36. The van der Waals surface area contributed by atoms with E-state index in [4.69, 9.17) is 0 Å². The van der Waals surface area contributed by atoms with E-state index in [0.29, 0.717) is 5.92 Å². The molecule has 0 amide bonds. The molecule has 9 rings (SSSR count). The standard InChI is InChI=1S/C54H45N/c1-54(2)51-32-13-12-31-50(51)53-45(25-17-33-52(53)54)37-46(40-19-6-3-7-20-40)35-39-18-14-21-41(34-39)42-22-15-23-43(36-42)44-24-16-30-49(38-44)55(47-26-8-4-9-27-47)48-28-10-5-11-29-48/h3-34,36,38,46H,35,37H2,1-2H3. The number of nitrogens with zero attached hydrogens (tertiary/aromatic N) is 1. The fourth-order valence-corrected chi connectivity index (χ4v) is 8.77. The van der Waals surface area contributed by atoms with Gasteiger partial charge in [-0.1, -0.05) is 178 Å². The maximum atomic E-state index is 2.41. The second-order valence-corrected chi connectivity index (χ2v) is 15.4. The van der Waals surface area contributed by atoms with E-state index in [1.54, 1.807) is 0 Å². The zero-order valence-electron chi connectivity index (χ0n) is 31.6. The first kappa shape index (κ1) is 34.3. The molecule has 0 saturated heterocycles. The summed E-state index contributed by atoms with van der Waals surface area (Å²) < 4.78 is 0. The highest BCUT2D eigenvalue weighted by molar-refractivity contribution is 5.84.